The van der Waals surface area contributed by atoms with Gasteiger partial charge >= 0.3 is 0 Å². The van der Waals surface area contributed by atoms with Crippen LogP contribution in [0.3, 0.4) is 0 Å². The molecule has 0 atom stereocenters. The van der Waals surface area contributed by atoms with Crippen LogP contribution in [0.5, 0.6) is 0 Å². The molecule has 0 aromatic carbocycles. The van der Waals surface area contributed by atoms with E-state index in [2.05, 4.69) is 0 Å². The standard InChI is InChI=1S/C5H3O4/c6-1-5(2-7,3-8)4-9/h1-3H. The summed E-state index contributed by atoms with van der Waals surface area (Å²) in [7, 11) is 0. The fraction of sp³-hybridized carbons (Fsp3) is 0.200. The fourth-order valence-electron chi connectivity index (χ4n) is 0.156. The molecule has 47 valence electrons. The summed E-state index contributed by atoms with van der Waals surface area (Å²) in [6.07, 6.45) is 0.844. The number of hydrogen-bond donors (Lipinski definition) is 0. The highest BCUT2D eigenvalue weighted by Gasteiger charge is 2.29. The lowest BCUT2D eigenvalue weighted by molar-refractivity contribution is -0.128. The van der Waals surface area contributed by atoms with Crippen molar-refractivity contribution in [2.75, 3.05) is 0 Å². The number of aldehydes is 3. The molecule has 9 heavy (non-hydrogen) atoms. The predicted octanol–water partition coefficient (Wildman–Crippen LogP) is -1.32. The van der Waals surface area contributed by atoms with Gasteiger partial charge in [0.2, 0.25) is 11.7 Å². The lowest BCUT2D eigenvalue weighted by Crippen LogP contribution is -2.27. The summed E-state index contributed by atoms with van der Waals surface area (Å²) in [6.45, 7) is 0. The van der Waals surface area contributed by atoms with Crippen molar-refractivity contribution < 1.29 is 19.2 Å². The van der Waals surface area contributed by atoms with E-state index in [9.17, 15) is 19.2 Å². The van der Waals surface area contributed by atoms with E-state index >= 15 is 0 Å². The maximum atomic E-state index is 9.80. The van der Waals surface area contributed by atoms with Crippen molar-refractivity contribution in [3.05, 3.63) is 0 Å². The van der Waals surface area contributed by atoms with Gasteiger partial charge in [-0.05, 0) is 0 Å². The molecule has 0 saturated carbocycles. The van der Waals surface area contributed by atoms with Gasteiger partial charge in [-0.3, -0.25) is 4.79 Å². The summed E-state index contributed by atoms with van der Waals surface area (Å²) in [5, 5.41) is 0. The lowest BCUT2D eigenvalue weighted by atomic mass is 9.97. The summed E-state index contributed by atoms with van der Waals surface area (Å²) in [4.78, 5) is 39.1. The SMILES string of the molecule is O=[C]C(C=O)(C=O)C=O. The molecule has 0 bridgehead atoms. The minimum atomic E-state index is -2.18. The average Bonchev–Trinajstić information content (AvgIpc) is 1.95. The van der Waals surface area contributed by atoms with Crippen LogP contribution in [0, 0.1) is 5.41 Å². The zero-order valence-electron chi connectivity index (χ0n) is 4.37. The molecule has 0 aromatic rings. The molecule has 4 nitrogen and oxygen atoms in total. The summed E-state index contributed by atoms with van der Waals surface area (Å²) >= 11 is 0. The zero-order chi connectivity index (χ0) is 7.33. The largest absolute Gasteiger partial charge is 0.301 e. The summed E-state index contributed by atoms with van der Waals surface area (Å²) < 4.78 is 0. The second-order valence-electron chi connectivity index (χ2n) is 1.39. The highest BCUT2D eigenvalue weighted by Crippen LogP contribution is 1.98. The third-order valence-electron chi connectivity index (χ3n) is 0.762. The van der Waals surface area contributed by atoms with Crippen molar-refractivity contribution in [3.8, 4) is 0 Å². The van der Waals surface area contributed by atoms with Gasteiger partial charge in [-0.2, -0.15) is 0 Å². The summed E-state index contributed by atoms with van der Waals surface area (Å²) in [6, 6.07) is 0. The quantitative estimate of drug-likeness (QED) is 0.347. The molecule has 4 heteroatoms. The van der Waals surface area contributed by atoms with E-state index in [4.69, 9.17) is 0 Å². The zero-order valence-corrected chi connectivity index (χ0v) is 4.37. The van der Waals surface area contributed by atoms with E-state index < -0.39 is 5.41 Å². The van der Waals surface area contributed by atoms with Crippen LogP contribution in [0.1, 0.15) is 0 Å². The Hall–Kier alpha value is -1.32. The normalized spacial score (nSPS) is 9.78. The Morgan fingerprint density at radius 2 is 1.33 bits per heavy atom. The van der Waals surface area contributed by atoms with Crippen molar-refractivity contribution in [1.82, 2.24) is 0 Å². The van der Waals surface area contributed by atoms with Crippen LogP contribution in [0.25, 0.3) is 0 Å². The highest BCUT2D eigenvalue weighted by molar-refractivity contribution is 6.17. The van der Waals surface area contributed by atoms with Gasteiger partial charge in [-0.25, -0.2) is 0 Å². The molecule has 0 unspecified atom stereocenters. The van der Waals surface area contributed by atoms with Crippen LogP contribution in [0.15, 0.2) is 0 Å². The van der Waals surface area contributed by atoms with E-state index in [0.717, 1.165) is 6.29 Å². The molecule has 0 N–H and O–H groups in total. The first-order valence-corrected chi connectivity index (χ1v) is 2.03. The van der Waals surface area contributed by atoms with Gasteiger partial charge in [0.05, 0.1) is 0 Å². The Balaban J connectivity index is 4.53. The van der Waals surface area contributed by atoms with Crippen LogP contribution in [-0.2, 0) is 19.2 Å². The number of carbonyl (C=O) groups excluding carboxylic acids is 4. The minimum Gasteiger partial charge on any atom is -0.301 e. The molecule has 0 fully saturated rings. The smallest absolute Gasteiger partial charge is 0.228 e. The minimum absolute atomic E-state index is 0.0556. The molecule has 0 saturated heterocycles. The number of hydrogen-bond acceptors (Lipinski definition) is 4. The molecule has 0 rings (SSSR count). The molecule has 0 amide bonds. The van der Waals surface area contributed by atoms with Gasteiger partial charge < -0.3 is 14.4 Å². The van der Waals surface area contributed by atoms with E-state index in [1.54, 1.807) is 0 Å². The maximum absolute atomic E-state index is 9.80. The van der Waals surface area contributed by atoms with Gasteiger partial charge in [-0.15, -0.1) is 0 Å². The van der Waals surface area contributed by atoms with Crippen molar-refractivity contribution in [2.45, 2.75) is 0 Å². The average molecular weight is 127 g/mol. The predicted molar refractivity (Wildman–Crippen MR) is 26.3 cm³/mol. The van der Waals surface area contributed by atoms with Gasteiger partial charge in [0, 0.05) is 0 Å². The molecule has 0 aliphatic carbocycles. The van der Waals surface area contributed by atoms with E-state index in [1.165, 1.54) is 0 Å². The monoisotopic (exact) mass is 127 g/mol. The second kappa shape index (κ2) is 2.86. The first-order chi connectivity index (χ1) is 4.24. The molecule has 0 heterocycles. The lowest BCUT2D eigenvalue weighted by Gasteiger charge is -1.97. The van der Waals surface area contributed by atoms with Crippen LogP contribution in [0.4, 0.5) is 0 Å². The number of carbonyl (C=O) groups is 3. The van der Waals surface area contributed by atoms with Crippen molar-refractivity contribution in [1.29, 1.82) is 0 Å². The third-order valence-corrected chi connectivity index (χ3v) is 0.762. The second-order valence-corrected chi connectivity index (χ2v) is 1.39. The Morgan fingerprint density at radius 1 is 1.00 bits per heavy atom. The summed E-state index contributed by atoms with van der Waals surface area (Å²) in [5.74, 6) is 0. The molecule has 0 aliphatic heterocycles. The Bertz CT molecular complexity index is 112. The van der Waals surface area contributed by atoms with Crippen LogP contribution < -0.4 is 0 Å². The van der Waals surface area contributed by atoms with Gasteiger partial charge in [0.1, 0.15) is 18.9 Å². The Morgan fingerprint density at radius 3 is 1.33 bits per heavy atom. The highest BCUT2D eigenvalue weighted by atomic mass is 16.2. The van der Waals surface area contributed by atoms with Crippen molar-refractivity contribution in [2.24, 2.45) is 5.41 Å². The topological polar surface area (TPSA) is 68.3 Å². The number of rotatable bonds is 4. The molecular weight excluding hydrogens is 124 g/mol. The van der Waals surface area contributed by atoms with Crippen LogP contribution in [0.2, 0.25) is 0 Å². The molecule has 0 aliphatic rings. The molecule has 1 radical (unpaired) electrons. The van der Waals surface area contributed by atoms with E-state index in [0.29, 0.717) is 0 Å². The molecule has 0 aromatic heterocycles. The molecular formula is C5H3O4. The summed E-state index contributed by atoms with van der Waals surface area (Å²) in [5.41, 5.74) is -2.18. The Kier molecular flexibility index (Phi) is 2.44. The van der Waals surface area contributed by atoms with Gasteiger partial charge in [-0.1, -0.05) is 0 Å². The maximum Gasteiger partial charge on any atom is 0.228 e. The van der Waals surface area contributed by atoms with Gasteiger partial charge in [0.25, 0.3) is 0 Å². The Labute approximate surface area is 50.8 Å². The van der Waals surface area contributed by atoms with Crippen molar-refractivity contribution in [3.63, 3.8) is 0 Å². The van der Waals surface area contributed by atoms with Crippen molar-refractivity contribution >= 4 is 25.1 Å². The van der Waals surface area contributed by atoms with Gasteiger partial charge in [0.15, 0.2) is 0 Å². The van der Waals surface area contributed by atoms with E-state index in [1.807, 2.05) is 0 Å². The van der Waals surface area contributed by atoms with Crippen LogP contribution >= 0.6 is 0 Å². The third kappa shape index (κ3) is 1.28. The first kappa shape index (κ1) is 7.68. The molecule has 0 spiro atoms. The first-order valence-electron chi connectivity index (χ1n) is 2.03. The van der Waals surface area contributed by atoms with E-state index in [-0.39, 0.29) is 18.9 Å². The fourth-order valence-corrected chi connectivity index (χ4v) is 0.156. The van der Waals surface area contributed by atoms with Crippen LogP contribution in [-0.4, -0.2) is 25.1 Å².